The Kier molecular flexibility index (Phi) is 3.67. The lowest BCUT2D eigenvalue weighted by Crippen LogP contribution is -1.97. The number of para-hydroxylation sites is 1. The van der Waals surface area contributed by atoms with E-state index in [1.165, 1.54) is 0 Å². The van der Waals surface area contributed by atoms with Crippen LogP contribution in [0, 0.1) is 6.92 Å². The van der Waals surface area contributed by atoms with Gasteiger partial charge in [0.2, 0.25) is 0 Å². The van der Waals surface area contributed by atoms with E-state index in [1.54, 1.807) is 7.11 Å². The van der Waals surface area contributed by atoms with Crippen LogP contribution in [-0.2, 0) is 4.74 Å². The molecule has 1 atom stereocenters. The molecule has 3 aromatic rings. The second-order valence-electron chi connectivity index (χ2n) is 5.14. The predicted octanol–water partition coefficient (Wildman–Crippen LogP) is 4.31. The zero-order chi connectivity index (χ0) is 14.8. The molecule has 106 valence electrons. The monoisotopic (exact) mass is 278 g/mol. The van der Waals surface area contributed by atoms with Crippen LogP contribution in [0.5, 0.6) is 0 Å². The fourth-order valence-corrected chi connectivity index (χ4v) is 2.46. The molecule has 1 heterocycles. The Morgan fingerprint density at radius 1 is 0.952 bits per heavy atom. The maximum absolute atomic E-state index is 5.35. The van der Waals surface area contributed by atoms with E-state index in [9.17, 15) is 0 Å². The SMILES string of the molecule is COC(C)c1ccc(-c2nc(C)nc3ccccc23)cc1. The van der Waals surface area contributed by atoms with Gasteiger partial charge in [0.15, 0.2) is 0 Å². The third-order valence-corrected chi connectivity index (χ3v) is 3.72. The summed E-state index contributed by atoms with van der Waals surface area (Å²) in [4.78, 5) is 9.11. The minimum atomic E-state index is 0.0999. The number of methoxy groups -OCH3 is 1. The van der Waals surface area contributed by atoms with E-state index < -0.39 is 0 Å². The van der Waals surface area contributed by atoms with Crippen LogP contribution in [0.4, 0.5) is 0 Å². The van der Waals surface area contributed by atoms with Crippen molar-refractivity contribution in [2.75, 3.05) is 7.11 Å². The van der Waals surface area contributed by atoms with Crippen LogP contribution in [0.15, 0.2) is 48.5 Å². The van der Waals surface area contributed by atoms with E-state index in [1.807, 2.05) is 32.0 Å². The van der Waals surface area contributed by atoms with Gasteiger partial charge in [0.25, 0.3) is 0 Å². The molecule has 2 aromatic carbocycles. The van der Waals surface area contributed by atoms with Crippen molar-refractivity contribution in [2.24, 2.45) is 0 Å². The number of hydrogen-bond acceptors (Lipinski definition) is 3. The summed E-state index contributed by atoms with van der Waals surface area (Å²) in [6.07, 6.45) is 0.0999. The average molecular weight is 278 g/mol. The van der Waals surface area contributed by atoms with Gasteiger partial charge in [-0.3, -0.25) is 0 Å². The van der Waals surface area contributed by atoms with Crippen molar-refractivity contribution in [3.63, 3.8) is 0 Å². The Labute approximate surface area is 124 Å². The van der Waals surface area contributed by atoms with Crippen LogP contribution in [0.25, 0.3) is 22.2 Å². The van der Waals surface area contributed by atoms with Crippen LogP contribution in [0.2, 0.25) is 0 Å². The van der Waals surface area contributed by atoms with E-state index in [2.05, 4.69) is 40.3 Å². The van der Waals surface area contributed by atoms with Crippen LogP contribution < -0.4 is 0 Å². The van der Waals surface area contributed by atoms with Gasteiger partial charge in [-0.15, -0.1) is 0 Å². The average Bonchev–Trinajstić information content (AvgIpc) is 2.53. The molecule has 0 saturated heterocycles. The standard InChI is InChI=1S/C18H18N2O/c1-12(21-3)14-8-10-15(11-9-14)18-16-6-4-5-7-17(16)19-13(2)20-18/h4-12H,1-3H3. The number of rotatable bonds is 3. The van der Waals surface area contributed by atoms with Gasteiger partial charge >= 0.3 is 0 Å². The molecular weight excluding hydrogens is 260 g/mol. The Bertz CT molecular complexity index is 766. The zero-order valence-electron chi connectivity index (χ0n) is 12.5. The number of hydrogen-bond donors (Lipinski definition) is 0. The van der Waals surface area contributed by atoms with Crippen molar-refractivity contribution in [1.82, 2.24) is 9.97 Å². The summed E-state index contributed by atoms with van der Waals surface area (Å²) in [6, 6.07) is 16.5. The summed E-state index contributed by atoms with van der Waals surface area (Å²) >= 11 is 0. The Morgan fingerprint density at radius 3 is 2.38 bits per heavy atom. The van der Waals surface area contributed by atoms with E-state index in [0.29, 0.717) is 0 Å². The second kappa shape index (κ2) is 5.62. The highest BCUT2D eigenvalue weighted by atomic mass is 16.5. The Hall–Kier alpha value is -2.26. The number of nitrogens with zero attached hydrogens (tertiary/aromatic N) is 2. The highest BCUT2D eigenvalue weighted by Gasteiger charge is 2.09. The normalized spacial score (nSPS) is 12.5. The van der Waals surface area contributed by atoms with Gasteiger partial charge in [-0.05, 0) is 25.5 Å². The first-order valence-electron chi connectivity index (χ1n) is 7.05. The van der Waals surface area contributed by atoms with E-state index in [0.717, 1.165) is 33.5 Å². The van der Waals surface area contributed by atoms with Crippen molar-refractivity contribution >= 4 is 10.9 Å². The minimum absolute atomic E-state index is 0.0999. The maximum Gasteiger partial charge on any atom is 0.126 e. The Morgan fingerprint density at radius 2 is 1.67 bits per heavy atom. The third-order valence-electron chi connectivity index (χ3n) is 3.72. The zero-order valence-corrected chi connectivity index (χ0v) is 12.5. The topological polar surface area (TPSA) is 35.0 Å². The molecule has 0 spiro atoms. The number of aryl methyl sites for hydroxylation is 1. The molecule has 0 amide bonds. The number of fused-ring (bicyclic) bond motifs is 1. The van der Waals surface area contributed by atoms with Gasteiger partial charge in [-0.2, -0.15) is 0 Å². The first-order chi connectivity index (χ1) is 10.2. The first-order valence-corrected chi connectivity index (χ1v) is 7.05. The summed E-state index contributed by atoms with van der Waals surface area (Å²) < 4.78 is 5.35. The summed E-state index contributed by atoms with van der Waals surface area (Å²) in [5, 5.41) is 1.08. The summed E-state index contributed by atoms with van der Waals surface area (Å²) in [5.74, 6) is 0.790. The number of ether oxygens (including phenoxy) is 1. The fourth-order valence-electron chi connectivity index (χ4n) is 2.46. The number of aromatic nitrogens is 2. The van der Waals surface area contributed by atoms with Crippen molar-refractivity contribution in [1.29, 1.82) is 0 Å². The smallest absolute Gasteiger partial charge is 0.126 e. The fraction of sp³-hybridized carbons (Fsp3) is 0.222. The van der Waals surface area contributed by atoms with Crippen LogP contribution in [0.3, 0.4) is 0 Å². The molecule has 0 bridgehead atoms. The molecule has 0 radical (unpaired) electrons. The lowest BCUT2D eigenvalue weighted by molar-refractivity contribution is 0.119. The van der Waals surface area contributed by atoms with E-state index in [4.69, 9.17) is 4.74 Å². The molecule has 0 aliphatic carbocycles. The minimum Gasteiger partial charge on any atom is -0.377 e. The molecule has 0 aliphatic heterocycles. The highest BCUT2D eigenvalue weighted by Crippen LogP contribution is 2.27. The second-order valence-corrected chi connectivity index (χ2v) is 5.14. The molecule has 1 unspecified atom stereocenters. The van der Waals surface area contributed by atoms with Gasteiger partial charge in [0.05, 0.1) is 17.3 Å². The van der Waals surface area contributed by atoms with Crippen LogP contribution in [0.1, 0.15) is 24.4 Å². The summed E-state index contributed by atoms with van der Waals surface area (Å²) in [7, 11) is 1.72. The van der Waals surface area contributed by atoms with Gasteiger partial charge in [-0.1, -0.05) is 42.5 Å². The highest BCUT2D eigenvalue weighted by molar-refractivity contribution is 5.92. The quantitative estimate of drug-likeness (QED) is 0.716. The molecule has 21 heavy (non-hydrogen) atoms. The molecular formula is C18H18N2O. The third kappa shape index (κ3) is 2.65. The first kappa shape index (κ1) is 13.7. The number of benzene rings is 2. The van der Waals surface area contributed by atoms with Crippen molar-refractivity contribution in [3.8, 4) is 11.3 Å². The lowest BCUT2D eigenvalue weighted by Gasteiger charge is -2.11. The molecule has 0 saturated carbocycles. The Balaban J connectivity index is 2.12. The molecule has 3 rings (SSSR count). The molecule has 1 aromatic heterocycles. The van der Waals surface area contributed by atoms with Crippen molar-refractivity contribution in [2.45, 2.75) is 20.0 Å². The largest absolute Gasteiger partial charge is 0.377 e. The van der Waals surface area contributed by atoms with Gasteiger partial charge in [0.1, 0.15) is 5.82 Å². The van der Waals surface area contributed by atoms with E-state index in [-0.39, 0.29) is 6.10 Å². The molecule has 0 aliphatic rings. The van der Waals surface area contributed by atoms with Crippen molar-refractivity contribution < 1.29 is 4.74 Å². The molecule has 0 fully saturated rings. The summed E-state index contributed by atoms with van der Waals surface area (Å²) in [5.41, 5.74) is 4.23. The maximum atomic E-state index is 5.35. The van der Waals surface area contributed by atoms with Crippen molar-refractivity contribution in [3.05, 3.63) is 59.9 Å². The lowest BCUT2D eigenvalue weighted by atomic mass is 10.0. The molecule has 3 heteroatoms. The van der Waals surface area contributed by atoms with Gasteiger partial charge in [0, 0.05) is 18.1 Å². The van der Waals surface area contributed by atoms with Crippen LogP contribution >= 0.6 is 0 Å². The predicted molar refractivity (Wildman–Crippen MR) is 85.1 cm³/mol. The van der Waals surface area contributed by atoms with Gasteiger partial charge < -0.3 is 4.74 Å². The van der Waals surface area contributed by atoms with E-state index >= 15 is 0 Å². The van der Waals surface area contributed by atoms with Crippen LogP contribution in [-0.4, -0.2) is 17.1 Å². The molecule has 3 nitrogen and oxygen atoms in total. The van der Waals surface area contributed by atoms with Gasteiger partial charge in [-0.25, -0.2) is 9.97 Å². The molecule has 0 N–H and O–H groups in total. The summed E-state index contributed by atoms with van der Waals surface area (Å²) in [6.45, 7) is 3.97.